The highest BCUT2D eigenvalue weighted by Gasteiger charge is 2.42. The lowest BCUT2D eigenvalue weighted by atomic mass is 9.77. The van der Waals surface area contributed by atoms with Crippen molar-refractivity contribution in [2.24, 2.45) is 5.92 Å². The Kier molecular flexibility index (Phi) is 4.36. The van der Waals surface area contributed by atoms with Gasteiger partial charge in [0.25, 0.3) is 0 Å². The molecule has 0 radical (unpaired) electrons. The number of esters is 1. The molecule has 0 bridgehead atoms. The summed E-state index contributed by atoms with van der Waals surface area (Å²) in [6.45, 7) is 2.05. The average Bonchev–Trinajstić information content (AvgIpc) is 2.73. The molecular formula is C23H21NO5. The second kappa shape index (κ2) is 7.04. The molecule has 0 aliphatic carbocycles. The fraction of sp³-hybridized carbons (Fsp3) is 0.304. The van der Waals surface area contributed by atoms with Gasteiger partial charge in [-0.2, -0.15) is 0 Å². The van der Waals surface area contributed by atoms with E-state index in [2.05, 4.69) is 5.32 Å². The third-order valence-electron chi connectivity index (χ3n) is 5.73. The first-order chi connectivity index (χ1) is 14.1. The van der Waals surface area contributed by atoms with Gasteiger partial charge in [0.15, 0.2) is 0 Å². The lowest BCUT2D eigenvalue weighted by Gasteiger charge is -2.43. The van der Waals surface area contributed by atoms with Gasteiger partial charge in [0.1, 0.15) is 17.0 Å². The molecule has 2 aliphatic heterocycles. The van der Waals surface area contributed by atoms with Crippen molar-refractivity contribution in [1.29, 1.82) is 0 Å². The van der Waals surface area contributed by atoms with Crippen molar-refractivity contribution in [3.63, 3.8) is 0 Å². The number of anilines is 1. The standard InChI is InChI=1S/C23H21NO5/c1-13(25)28-15-10-8-14(9-11-15)20-17-6-4-12-27-22(17)19-16-5-2-3-7-18(16)29-23(26)21(19)24-20/h2-3,5,7-11,17,20,22,24H,4,6,12H2,1H3/t17-,20-,22-/m0/s1. The zero-order valence-corrected chi connectivity index (χ0v) is 16.0. The van der Waals surface area contributed by atoms with Crippen LogP contribution in [0.15, 0.2) is 57.7 Å². The third-order valence-corrected chi connectivity index (χ3v) is 5.73. The van der Waals surface area contributed by atoms with Crippen molar-refractivity contribution in [2.45, 2.75) is 31.9 Å². The fourth-order valence-corrected chi connectivity index (χ4v) is 4.55. The topological polar surface area (TPSA) is 77.8 Å². The molecule has 5 rings (SSSR count). The van der Waals surface area contributed by atoms with Gasteiger partial charge in [-0.05, 0) is 36.6 Å². The van der Waals surface area contributed by atoms with Crippen LogP contribution in [0.4, 0.5) is 5.69 Å². The molecular weight excluding hydrogens is 370 g/mol. The Hall–Kier alpha value is -3.12. The van der Waals surface area contributed by atoms with E-state index in [1.807, 2.05) is 36.4 Å². The van der Waals surface area contributed by atoms with Gasteiger partial charge in [-0.3, -0.25) is 4.79 Å². The summed E-state index contributed by atoms with van der Waals surface area (Å²) < 4.78 is 16.9. The largest absolute Gasteiger partial charge is 0.427 e. The Bertz CT molecular complexity index is 1130. The molecule has 2 aromatic carbocycles. The van der Waals surface area contributed by atoms with Crippen LogP contribution < -0.4 is 15.7 Å². The second-order valence-electron chi connectivity index (χ2n) is 7.56. The first-order valence-electron chi connectivity index (χ1n) is 9.84. The minimum atomic E-state index is -0.382. The summed E-state index contributed by atoms with van der Waals surface area (Å²) in [5, 5.41) is 4.35. The molecule has 0 amide bonds. The Morgan fingerprint density at radius 1 is 1.14 bits per heavy atom. The van der Waals surface area contributed by atoms with Gasteiger partial charge in [0, 0.05) is 30.4 Å². The van der Waals surface area contributed by atoms with Gasteiger partial charge < -0.3 is 19.2 Å². The molecule has 6 heteroatoms. The zero-order chi connectivity index (χ0) is 20.0. The number of para-hydroxylation sites is 1. The van der Waals surface area contributed by atoms with Crippen LogP contribution in [0.5, 0.6) is 5.75 Å². The summed E-state index contributed by atoms with van der Waals surface area (Å²) in [5.41, 5.74) is 2.58. The highest BCUT2D eigenvalue weighted by Crippen LogP contribution is 2.50. The molecule has 1 aromatic heterocycles. The quantitative estimate of drug-likeness (QED) is 0.397. The monoisotopic (exact) mass is 391 g/mol. The number of fused-ring (bicyclic) bond motifs is 5. The van der Waals surface area contributed by atoms with Gasteiger partial charge >= 0.3 is 11.6 Å². The van der Waals surface area contributed by atoms with E-state index < -0.39 is 0 Å². The number of carbonyl (C=O) groups is 1. The molecule has 1 N–H and O–H groups in total. The third kappa shape index (κ3) is 3.09. The van der Waals surface area contributed by atoms with E-state index in [0.29, 0.717) is 23.6 Å². The predicted molar refractivity (Wildman–Crippen MR) is 108 cm³/mol. The Balaban J connectivity index is 1.61. The SMILES string of the molecule is CC(=O)Oc1ccc([C@@H]2Nc3c(c4ccccc4oc3=O)[C@H]3OCCC[C@H]32)cc1. The summed E-state index contributed by atoms with van der Waals surface area (Å²) >= 11 is 0. The molecule has 0 spiro atoms. The lowest BCUT2D eigenvalue weighted by Crippen LogP contribution is -2.38. The molecule has 2 aliphatic rings. The van der Waals surface area contributed by atoms with Crippen LogP contribution in [-0.2, 0) is 9.53 Å². The van der Waals surface area contributed by atoms with Gasteiger partial charge in [-0.15, -0.1) is 0 Å². The number of carbonyl (C=O) groups excluding carboxylic acids is 1. The van der Waals surface area contributed by atoms with E-state index >= 15 is 0 Å². The summed E-state index contributed by atoms with van der Waals surface area (Å²) in [4.78, 5) is 23.9. The van der Waals surface area contributed by atoms with Crippen LogP contribution in [0.1, 0.15) is 43.0 Å². The molecule has 0 unspecified atom stereocenters. The summed E-state index contributed by atoms with van der Waals surface area (Å²) in [7, 11) is 0. The maximum absolute atomic E-state index is 12.8. The van der Waals surface area contributed by atoms with E-state index in [4.69, 9.17) is 13.9 Å². The highest BCUT2D eigenvalue weighted by atomic mass is 16.5. The van der Waals surface area contributed by atoms with Crippen molar-refractivity contribution in [1.82, 2.24) is 0 Å². The van der Waals surface area contributed by atoms with Crippen LogP contribution in [0.3, 0.4) is 0 Å². The first kappa shape index (κ1) is 17.9. The van der Waals surface area contributed by atoms with Crippen molar-refractivity contribution >= 4 is 22.6 Å². The van der Waals surface area contributed by atoms with E-state index in [-0.39, 0.29) is 29.7 Å². The molecule has 3 atom stereocenters. The predicted octanol–water partition coefficient (Wildman–Crippen LogP) is 4.35. The van der Waals surface area contributed by atoms with Crippen molar-refractivity contribution in [3.8, 4) is 5.75 Å². The fourth-order valence-electron chi connectivity index (χ4n) is 4.55. The number of nitrogens with one attached hydrogen (secondary N) is 1. The molecule has 29 heavy (non-hydrogen) atoms. The Labute approximate surface area is 167 Å². The van der Waals surface area contributed by atoms with Crippen molar-refractivity contribution < 1.29 is 18.7 Å². The summed E-state index contributed by atoms with van der Waals surface area (Å²) in [6, 6.07) is 14.9. The van der Waals surface area contributed by atoms with Gasteiger partial charge in [-0.1, -0.05) is 30.3 Å². The van der Waals surface area contributed by atoms with E-state index in [9.17, 15) is 9.59 Å². The maximum atomic E-state index is 12.8. The van der Waals surface area contributed by atoms with E-state index in [0.717, 1.165) is 29.4 Å². The van der Waals surface area contributed by atoms with Gasteiger partial charge in [-0.25, -0.2) is 4.79 Å². The highest BCUT2D eigenvalue weighted by molar-refractivity contribution is 5.86. The molecule has 6 nitrogen and oxygen atoms in total. The molecule has 148 valence electrons. The molecule has 1 saturated heterocycles. The molecule has 3 aromatic rings. The lowest BCUT2D eigenvalue weighted by molar-refractivity contribution is -0.131. The zero-order valence-electron chi connectivity index (χ0n) is 16.0. The summed E-state index contributed by atoms with van der Waals surface area (Å²) in [5.74, 6) is 0.327. The van der Waals surface area contributed by atoms with Gasteiger partial charge in [0.05, 0.1) is 12.1 Å². The Morgan fingerprint density at radius 3 is 2.72 bits per heavy atom. The summed E-state index contributed by atoms with van der Waals surface area (Å²) in [6.07, 6.45) is 1.79. The molecule has 3 heterocycles. The first-order valence-corrected chi connectivity index (χ1v) is 9.84. The molecule has 0 saturated carbocycles. The number of hydrogen-bond donors (Lipinski definition) is 1. The van der Waals surface area contributed by atoms with E-state index in [1.165, 1.54) is 6.92 Å². The number of rotatable bonds is 2. The number of ether oxygens (including phenoxy) is 2. The Morgan fingerprint density at radius 2 is 1.93 bits per heavy atom. The molecule has 1 fully saturated rings. The van der Waals surface area contributed by atoms with Gasteiger partial charge in [0.2, 0.25) is 0 Å². The smallest absolute Gasteiger partial charge is 0.360 e. The van der Waals surface area contributed by atoms with Crippen molar-refractivity contribution in [2.75, 3.05) is 11.9 Å². The van der Waals surface area contributed by atoms with Crippen molar-refractivity contribution in [3.05, 3.63) is 70.1 Å². The van der Waals surface area contributed by atoms with E-state index in [1.54, 1.807) is 12.1 Å². The van der Waals surface area contributed by atoms with Crippen LogP contribution in [0.25, 0.3) is 11.0 Å². The number of benzene rings is 2. The maximum Gasteiger partial charge on any atom is 0.360 e. The average molecular weight is 391 g/mol. The number of hydrogen-bond acceptors (Lipinski definition) is 6. The van der Waals surface area contributed by atoms with Crippen LogP contribution in [0.2, 0.25) is 0 Å². The normalized spacial score (nSPS) is 23.0. The minimum absolute atomic E-state index is 0.0942. The van der Waals surface area contributed by atoms with Crippen LogP contribution in [-0.4, -0.2) is 12.6 Å². The second-order valence-corrected chi connectivity index (χ2v) is 7.56. The minimum Gasteiger partial charge on any atom is -0.427 e. The van der Waals surface area contributed by atoms with Crippen LogP contribution >= 0.6 is 0 Å². The van der Waals surface area contributed by atoms with Crippen LogP contribution in [0, 0.1) is 5.92 Å².